The minimum absolute atomic E-state index is 0.529. The molecule has 0 atom stereocenters. The fraction of sp³-hybridized carbons (Fsp3) is 0.0909. The molecule has 2 N–H and O–H groups in total. The Morgan fingerprint density at radius 3 is 2.93 bits per heavy atom. The van der Waals surface area contributed by atoms with Gasteiger partial charge in [0.05, 0.1) is 5.02 Å². The number of hydrogen-bond donors (Lipinski definition) is 1. The average molecular weight is 240 g/mol. The summed E-state index contributed by atoms with van der Waals surface area (Å²) in [6, 6.07) is 9.23. The molecule has 1 aromatic carbocycles. The van der Waals surface area contributed by atoms with Gasteiger partial charge in [0.1, 0.15) is 12.4 Å². The predicted molar refractivity (Wildman–Crippen MR) is 64.5 cm³/mol. The number of thiophene rings is 1. The molecule has 2 rings (SSSR count). The fourth-order valence-corrected chi connectivity index (χ4v) is 1.96. The summed E-state index contributed by atoms with van der Waals surface area (Å²) in [5.74, 6) is 0.630. The molecule has 0 saturated carbocycles. The molecule has 78 valence electrons. The molecule has 0 spiro atoms. The van der Waals surface area contributed by atoms with E-state index >= 15 is 0 Å². The fourth-order valence-electron chi connectivity index (χ4n) is 1.17. The van der Waals surface area contributed by atoms with Crippen LogP contribution in [-0.4, -0.2) is 0 Å². The first kappa shape index (κ1) is 10.3. The Labute approximate surface area is 97.3 Å². The Bertz CT molecular complexity index is 442. The molecule has 0 fully saturated rings. The largest absolute Gasteiger partial charge is 0.486 e. The van der Waals surface area contributed by atoms with Crippen molar-refractivity contribution in [3.05, 3.63) is 45.6 Å². The Kier molecular flexibility index (Phi) is 3.14. The molecule has 0 bridgehead atoms. The van der Waals surface area contributed by atoms with Crippen molar-refractivity contribution in [2.75, 3.05) is 5.73 Å². The van der Waals surface area contributed by atoms with Crippen molar-refractivity contribution in [1.82, 2.24) is 0 Å². The second-order valence-electron chi connectivity index (χ2n) is 3.06. The van der Waals surface area contributed by atoms with Gasteiger partial charge in [-0.2, -0.15) is 0 Å². The van der Waals surface area contributed by atoms with Gasteiger partial charge in [0, 0.05) is 16.6 Å². The summed E-state index contributed by atoms with van der Waals surface area (Å²) in [5.41, 5.74) is 6.29. The summed E-state index contributed by atoms with van der Waals surface area (Å²) in [5, 5.41) is 2.60. The van der Waals surface area contributed by atoms with Gasteiger partial charge in [-0.15, -0.1) is 11.3 Å². The van der Waals surface area contributed by atoms with Gasteiger partial charge >= 0.3 is 0 Å². The number of benzene rings is 1. The van der Waals surface area contributed by atoms with Crippen molar-refractivity contribution >= 4 is 28.6 Å². The van der Waals surface area contributed by atoms with E-state index in [1.165, 1.54) is 0 Å². The predicted octanol–water partition coefficient (Wildman–Crippen LogP) is 3.56. The molecule has 15 heavy (non-hydrogen) atoms. The Morgan fingerprint density at radius 2 is 2.20 bits per heavy atom. The number of ether oxygens (including phenoxy) is 1. The van der Waals surface area contributed by atoms with Crippen LogP contribution in [0, 0.1) is 0 Å². The molecule has 1 heterocycles. The number of anilines is 1. The summed E-state index contributed by atoms with van der Waals surface area (Å²) in [6.45, 7) is 0.529. The van der Waals surface area contributed by atoms with E-state index in [9.17, 15) is 0 Å². The van der Waals surface area contributed by atoms with Gasteiger partial charge in [-0.3, -0.25) is 0 Å². The first-order chi connectivity index (χ1) is 7.25. The highest BCUT2D eigenvalue weighted by Gasteiger charge is 2.02. The van der Waals surface area contributed by atoms with E-state index < -0.39 is 0 Å². The Balaban J connectivity index is 2.07. The van der Waals surface area contributed by atoms with Crippen molar-refractivity contribution in [2.45, 2.75) is 6.61 Å². The van der Waals surface area contributed by atoms with Crippen LogP contribution in [0.15, 0.2) is 35.7 Å². The van der Waals surface area contributed by atoms with Crippen LogP contribution in [0.3, 0.4) is 0 Å². The van der Waals surface area contributed by atoms with Gasteiger partial charge in [-0.05, 0) is 23.6 Å². The molecule has 1 aromatic heterocycles. The van der Waals surface area contributed by atoms with Crippen LogP contribution in [0.25, 0.3) is 0 Å². The molecule has 0 aliphatic carbocycles. The normalized spacial score (nSPS) is 10.2. The second kappa shape index (κ2) is 4.55. The van der Waals surface area contributed by atoms with Crippen molar-refractivity contribution in [1.29, 1.82) is 0 Å². The summed E-state index contributed by atoms with van der Waals surface area (Å²) < 4.78 is 5.56. The molecule has 0 aliphatic heterocycles. The molecule has 0 amide bonds. The second-order valence-corrected chi connectivity index (χ2v) is 4.50. The van der Waals surface area contributed by atoms with Crippen molar-refractivity contribution in [3.63, 3.8) is 0 Å². The highest BCUT2D eigenvalue weighted by atomic mass is 35.5. The zero-order chi connectivity index (χ0) is 10.7. The maximum absolute atomic E-state index is 5.96. The zero-order valence-corrected chi connectivity index (χ0v) is 9.52. The van der Waals surface area contributed by atoms with Gasteiger partial charge in [0.15, 0.2) is 0 Å². The van der Waals surface area contributed by atoms with Crippen LogP contribution < -0.4 is 10.5 Å². The van der Waals surface area contributed by atoms with E-state index in [2.05, 4.69) is 0 Å². The molecule has 0 aliphatic rings. The Morgan fingerprint density at radius 1 is 1.33 bits per heavy atom. The lowest BCUT2D eigenvalue weighted by atomic mass is 10.3. The number of halogens is 1. The molecule has 0 radical (unpaired) electrons. The van der Waals surface area contributed by atoms with Gasteiger partial charge in [0.2, 0.25) is 0 Å². The number of nitrogen functional groups attached to an aromatic ring is 1. The number of hydrogen-bond acceptors (Lipinski definition) is 3. The van der Waals surface area contributed by atoms with Gasteiger partial charge in [-0.1, -0.05) is 17.7 Å². The van der Waals surface area contributed by atoms with Gasteiger partial charge < -0.3 is 10.5 Å². The number of nitrogens with two attached hydrogens (primary N) is 1. The third-order valence-corrected chi connectivity index (χ3v) is 3.07. The third-order valence-electron chi connectivity index (χ3n) is 1.91. The first-order valence-corrected chi connectivity index (χ1v) is 5.71. The van der Waals surface area contributed by atoms with Crippen LogP contribution >= 0.6 is 22.9 Å². The van der Waals surface area contributed by atoms with Crippen LogP contribution in [0.5, 0.6) is 5.75 Å². The quantitative estimate of drug-likeness (QED) is 0.832. The molecular formula is C11H10ClNOS. The van der Waals surface area contributed by atoms with Crippen molar-refractivity contribution in [2.24, 2.45) is 0 Å². The molecule has 4 heteroatoms. The zero-order valence-electron chi connectivity index (χ0n) is 7.94. The van der Waals surface area contributed by atoms with Gasteiger partial charge in [-0.25, -0.2) is 0 Å². The van der Waals surface area contributed by atoms with E-state index in [1.54, 1.807) is 29.5 Å². The molecular weight excluding hydrogens is 230 g/mol. The SMILES string of the molecule is Nc1ccc(Cl)c(OCc2cccs2)c1. The average Bonchev–Trinajstić information content (AvgIpc) is 2.72. The standard InChI is InChI=1S/C11H10ClNOS/c12-10-4-3-8(13)6-11(10)14-7-9-2-1-5-15-9/h1-6H,7,13H2. The topological polar surface area (TPSA) is 35.2 Å². The van der Waals surface area contributed by atoms with E-state index in [0.29, 0.717) is 23.1 Å². The minimum atomic E-state index is 0.529. The van der Waals surface area contributed by atoms with Gasteiger partial charge in [0.25, 0.3) is 0 Å². The van der Waals surface area contributed by atoms with Crippen LogP contribution in [-0.2, 0) is 6.61 Å². The maximum Gasteiger partial charge on any atom is 0.140 e. The molecule has 0 unspecified atom stereocenters. The van der Waals surface area contributed by atoms with E-state index in [-0.39, 0.29) is 0 Å². The van der Waals surface area contributed by atoms with Crippen molar-refractivity contribution in [3.8, 4) is 5.75 Å². The summed E-state index contributed by atoms with van der Waals surface area (Å²) in [7, 11) is 0. The third kappa shape index (κ3) is 2.64. The first-order valence-electron chi connectivity index (χ1n) is 4.46. The maximum atomic E-state index is 5.96. The van der Waals surface area contributed by atoms with Crippen LogP contribution in [0.1, 0.15) is 4.88 Å². The highest BCUT2D eigenvalue weighted by molar-refractivity contribution is 7.09. The van der Waals surface area contributed by atoms with E-state index in [0.717, 1.165) is 4.88 Å². The lowest BCUT2D eigenvalue weighted by molar-refractivity contribution is 0.310. The number of rotatable bonds is 3. The lowest BCUT2D eigenvalue weighted by Gasteiger charge is -2.07. The lowest BCUT2D eigenvalue weighted by Crippen LogP contribution is -1.94. The van der Waals surface area contributed by atoms with E-state index in [4.69, 9.17) is 22.1 Å². The van der Waals surface area contributed by atoms with Crippen LogP contribution in [0.4, 0.5) is 5.69 Å². The minimum Gasteiger partial charge on any atom is -0.486 e. The summed E-state index contributed by atoms with van der Waals surface area (Å²) in [4.78, 5) is 1.16. The van der Waals surface area contributed by atoms with Crippen LogP contribution in [0.2, 0.25) is 5.02 Å². The van der Waals surface area contributed by atoms with E-state index in [1.807, 2.05) is 17.5 Å². The van der Waals surface area contributed by atoms with Crippen molar-refractivity contribution < 1.29 is 4.74 Å². The Hall–Kier alpha value is -1.19. The molecule has 0 saturated heterocycles. The molecule has 2 nitrogen and oxygen atoms in total. The smallest absolute Gasteiger partial charge is 0.140 e. The summed E-state index contributed by atoms with van der Waals surface area (Å²) in [6.07, 6.45) is 0. The molecule has 2 aromatic rings. The highest BCUT2D eigenvalue weighted by Crippen LogP contribution is 2.27. The monoisotopic (exact) mass is 239 g/mol. The summed E-state index contributed by atoms with van der Waals surface area (Å²) >= 11 is 7.61.